The van der Waals surface area contributed by atoms with Crippen molar-refractivity contribution < 1.29 is 14.7 Å². The molecule has 7 heteroatoms. The van der Waals surface area contributed by atoms with Gasteiger partial charge in [0, 0.05) is 38.6 Å². The summed E-state index contributed by atoms with van der Waals surface area (Å²) in [6, 6.07) is 15.8. The van der Waals surface area contributed by atoms with Gasteiger partial charge in [-0.1, -0.05) is 36.4 Å². The Morgan fingerprint density at radius 3 is 2.63 bits per heavy atom. The van der Waals surface area contributed by atoms with E-state index in [-0.39, 0.29) is 18.3 Å². The van der Waals surface area contributed by atoms with Crippen molar-refractivity contribution in [3.8, 4) is 5.88 Å². The zero-order valence-corrected chi connectivity index (χ0v) is 16.1. The van der Waals surface area contributed by atoms with Crippen molar-refractivity contribution in [2.24, 2.45) is 0 Å². The van der Waals surface area contributed by atoms with Crippen LogP contribution >= 0.6 is 0 Å². The van der Waals surface area contributed by atoms with Gasteiger partial charge in [-0.05, 0) is 12.1 Å². The zero-order chi connectivity index (χ0) is 20.4. The fourth-order valence-corrected chi connectivity index (χ4v) is 4.66. The first-order chi connectivity index (χ1) is 14.7. The van der Waals surface area contributed by atoms with Crippen LogP contribution in [0.1, 0.15) is 4.79 Å². The van der Waals surface area contributed by atoms with Gasteiger partial charge in [0.05, 0.1) is 29.0 Å². The number of nitrogens with one attached hydrogen (secondary N) is 3. The molecule has 30 heavy (non-hydrogen) atoms. The molecule has 0 atom stereocenters. The van der Waals surface area contributed by atoms with Crippen molar-refractivity contribution in [3.05, 3.63) is 54.7 Å². The number of para-hydroxylation sites is 2. The summed E-state index contributed by atoms with van der Waals surface area (Å²) < 4.78 is 1.71. The summed E-state index contributed by atoms with van der Waals surface area (Å²) in [7, 11) is 1.48. The number of hydrogen-bond acceptors (Lipinski definition) is 4. The van der Waals surface area contributed by atoms with Gasteiger partial charge in [-0.15, -0.1) is 0 Å². The van der Waals surface area contributed by atoms with E-state index in [9.17, 15) is 9.90 Å². The quantitative estimate of drug-likeness (QED) is 0.332. The van der Waals surface area contributed by atoms with Gasteiger partial charge in [-0.25, -0.2) is 0 Å². The van der Waals surface area contributed by atoms with Gasteiger partial charge < -0.3 is 19.9 Å². The Labute approximate surface area is 169 Å². The van der Waals surface area contributed by atoms with Crippen molar-refractivity contribution >= 4 is 60.3 Å². The van der Waals surface area contributed by atoms with Gasteiger partial charge in [0.25, 0.3) is 0 Å². The molecule has 4 N–H and O–H groups in total. The Morgan fingerprint density at radius 1 is 1.03 bits per heavy atom. The number of aromatic nitrogens is 3. The standard InChI is InChI=1S/C23H18N4O3/c1-30-25-11-17(28)27-16-9-5-3-7-13(16)19-20-14(10-24-23(20)29)18-12-6-2-4-8-15(12)26-21(18)22(19)27/h2-10,24-26,29H,11H2,1H3. The highest BCUT2D eigenvalue weighted by atomic mass is 16.6. The third kappa shape index (κ3) is 2.07. The van der Waals surface area contributed by atoms with Gasteiger partial charge in [0.2, 0.25) is 5.91 Å². The maximum absolute atomic E-state index is 13.2. The first-order valence-corrected chi connectivity index (χ1v) is 9.65. The fraction of sp³-hybridized carbons (Fsp3) is 0.0870. The molecule has 0 radical (unpaired) electrons. The molecule has 0 bridgehead atoms. The maximum atomic E-state index is 13.2. The van der Waals surface area contributed by atoms with E-state index in [2.05, 4.69) is 15.4 Å². The maximum Gasteiger partial charge on any atom is 0.247 e. The number of aromatic hydroxyl groups is 1. The van der Waals surface area contributed by atoms with Crippen LogP contribution in [0, 0.1) is 0 Å². The van der Waals surface area contributed by atoms with E-state index in [1.54, 1.807) is 4.57 Å². The lowest BCUT2D eigenvalue weighted by molar-refractivity contribution is 0.0683. The van der Waals surface area contributed by atoms with Crippen LogP contribution in [0.5, 0.6) is 5.88 Å². The Balaban J connectivity index is 1.94. The topological polar surface area (TPSA) is 95.1 Å². The molecule has 7 nitrogen and oxygen atoms in total. The van der Waals surface area contributed by atoms with Crippen LogP contribution in [0.25, 0.3) is 54.4 Å². The van der Waals surface area contributed by atoms with Crippen molar-refractivity contribution in [1.29, 1.82) is 0 Å². The van der Waals surface area contributed by atoms with Crippen molar-refractivity contribution in [2.75, 3.05) is 13.7 Å². The lowest BCUT2D eigenvalue weighted by Crippen LogP contribution is -2.26. The average Bonchev–Trinajstić information content (AvgIpc) is 3.43. The van der Waals surface area contributed by atoms with E-state index in [0.717, 1.165) is 49.0 Å². The van der Waals surface area contributed by atoms with Crippen molar-refractivity contribution in [2.45, 2.75) is 0 Å². The molecule has 0 amide bonds. The molecular weight excluding hydrogens is 380 g/mol. The van der Waals surface area contributed by atoms with E-state index in [1.165, 1.54) is 7.11 Å². The normalized spacial score (nSPS) is 12.2. The first-order valence-electron chi connectivity index (χ1n) is 9.65. The van der Waals surface area contributed by atoms with E-state index >= 15 is 0 Å². The second-order valence-corrected chi connectivity index (χ2v) is 7.34. The van der Waals surface area contributed by atoms with E-state index < -0.39 is 0 Å². The van der Waals surface area contributed by atoms with Crippen LogP contribution in [-0.4, -0.2) is 39.2 Å². The molecule has 0 unspecified atom stereocenters. The average molecular weight is 398 g/mol. The molecule has 0 aliphatic heterocycles. The molecule has 0 spiro atoms. The van der Waals surface area contributed by atoms with Crippen molar-refractivity contribution in [3.63, 3.8) is 0 Å². The minimum Gasteiger partial charge on any atom is -0.494 e. The predicted molar refractivity (Wildman–Crippen MR) is 118 cm³/mol. The molecule has 0 saturated heterocycles. The lowest BCUT2D eigenvalue weighted by atomic mass is 10.0. The SMILES string of the molecule is CONCC(=O)n1c2ccccc2c2c3c(O)[nH]cc3c3c4ccccc4[nH]c3c21. The number of fused-ring (bicyclic) bond motifs is 10. The molecule has 0 saturated carbocycles. The molecule has 0 fully saturated rings. The summed E-state index contributed by atoms with van der Waals surface area (Å²) in [5, 5.41) is 16.1. The van der Waals surface area contributed by atoms with E-state index in [4.69, 9.17) is 4.84 Å². The van der Waals surface area contributed by atoms with Crippen LogP contribution in [-0.2, 0) is 4.84 Å². The Kier molecular flexibility index (Phi) is 3.47. The van der Waals surface area contributed by atoms with Gasteiger partial charge in [-0.2, -0.15) is 5.48 Å². The van der Waals surface area contributed by atoms with Crippen LogP contribution < -0.4 is 5.48 Å². The zero-order valence-electron chi connectivity index (χ0n) is 16.1. The number of carbonyl (C=O) groups is 1. The molecule has 148 valence electrons. The molecule has 0 aliphatic carbocycles. The number of nitrogens with zero attached hydrogens (tertiary/aromatic N) is 1. The van der Waals surface area contributed by atoms with Gasteiger partial charge in [-0.3, -0.25) is 9.36 Å². The first kappa shape index (κ1) is 17.1. The predicted octanol–water partition coefficient (Wildman–Crippen LogP) is 4.41. The number of carbonyl (C=O) groups excluding carboxylic acids is 1. The van der Waals surface area contributed by atoms with Gasteiger partial charge in [0.15, 0.2) is 5.88 Å². The van der Waals surface area contributed by atoms with E-state index in [1.807, 2.05) is 54.7 Å². The summed E-state index contributed by atoms with van der Waals surface area (Å²) in [6.07, 6.45) is 1.83. The Bertz CT molecular complexity index is 1620. The second kappa shape index (κ2) is 6.09. The molecule has 3 aromatic heterocycles. The molecule has 6 rings (SSSR count). The number of H-pyrrole nitrogens is 2. The van der Waals surface area contributed by atoms with E-state index in [0.29, 0.717) is 5.39 Å². The highest BCUT2D eigenvalue weighted by Crippen LogP contribution is 2.45. The van der Waals surface area contributed by atoms with Gasteiger partial charge in [0.1, 0.15) is 6.54 Å². The number of benzene rings is 3. The van der Waals surface area contributed by atoms with Crippen LogP contribution in [0.3, 0.4) is 0 Å². The van der Waals surface area contributed by atoms with Gasteiger partial charge >= 0.3 is 0 Å². The fourth-order valence-electron chi connectivity index (χ4n) is 4.66. The number of hydroxylamine groups is 1. The number of rotatable bonds is 3. The smallest absolute Gasteiger partial charge is 0.247 e. The molecule has 3 aromatic carbocycles. The number of aromatic amines is 2. The summed E-state index contributed by atoms with van der Waals surface area (Å²) in [6.45, 7) is 0.0170. The van der Waals surface area contributed by atoms with Crippen LogP contribution in [0.4, 0.5) is 0 Å². The number of hydrogen-bond donors (Lipinski definition) is 4. The third-order valence-electron chi connectivity index (χ3n) is 5.81. The van der Waals surface area contributed by atoms with Crippen LogP contribution in [0.2, 0.25) is 0 Å². The summed E-state index contributed by atoms with van der Waals surface area (Å²) >= 11 is 0. The second-order valence-electron chi connectivity index (χ2n) is 7.34. The minimum atomic E-state index is -0.155. The lowest BCUT2D eigenvalue weighted by Gasteiger charge is -2.08. The van der Waals surface area contributed by atoms with Crippen LogP contribution in [0.15, 0.2) is 54.7 Å². The molecule has 3 heterocycles. The minimum absolute atomic E-state index is 0.0170. The molecule has 0 aliphatic rings. The Hall–Kier alpha value is -3.81. The molecular formula is C23H18N4O3. The highest BCUT2D eigenvalue weighted by Gasteiger charge is 2.25. The molecule has 6 aromatic rings. The Morgan fingerprint density at radius 2 is 1.80 bits per heavy atom. The summed E-state index contributed by atoms with van der Waals surface area (Å²) in [4.78, 5) is 24.6. The highest BCUT2D eigenvalue weighted by molar-refractivity contribution is 6.37. The summed E-state index contributed by atoms with van der Waals surface area (Å²) in [5.41, 5.74) is 6.01. The summed E-state index contributed by atoms with van der Waals surface area (Å²) in [5.74, 6) is -0.0649. The van der Waals surface area contributed by atoms with Crippen molar-refractivity contribution in [1.82, 2.24) is 20.0 Å². The monoisotopic (exact) mass is 398 g/mol. The largest absolute Gasteiger partial charge is 0.494 e. The third-order valence-corrected chi connectivity index (χ3v) is 5.81.